The Morgan fingerprint density at radius 1 is 1.00 bits per heavy atom. The zero-order chi connectivity index (χ0) is 24.5. The highest BCUT2D eigenvalue weighted by Gasteiger charge is 2.12. The zero-order valence-corrected chi connectivity index (χ0v) is 20.1. The average Bonchev–Trinajstić information content (AvgIpc) is 2.87. The summed E-state index contributed by atoms with van der Waals surface area (Å²) in [7, 11) is 2.81. The SMILES string of the molecule is COC(=O)c1ccc(NC(=O)/C(C#N)=C/c2ccc(OCc3ccc(Br)cc3)c(OC)c2)cc1. The summed E-state index contributed by atoms with van der Waals surface area (Å²) in [6, 6.07) is 21.0. The summed E-state index contributed by atoms with van der Waals surface area (Å²) in [6.07, 6.45) is 1.46. The number of rotatable bonds is 8. The van der Waals surface area contributed by atoms with Gasteiger partial charge in [-0.25, -0.2) is 4.79 Å². The number of hydrogen-bond donors (Lipinski definition) is 1. The van der Waals surface area contributed by atoms with Gasteiger partial charge in [0, 0.05) is 10.2 Å². The molecule has 1 N–H and O–H groups in total. The topological polar surface area (TPSA) is 97.7 Å². The van der Waals surface area contributed by atoms with Gasteiger partial charge in [-0.2, -0.15) is 5.26 Å². The summed E-state index contributed by atoms with van der Waals surface area (Å²) in [5.41, 5.74) is 2.29. The highest BCUT2D eigenvalue weighted by Crippen LogP contribution is 2.30. The molecule has 0 radical (unpaired) electrons. The second-order valence-corrected chi connectivity index (χ2v) is 7.93. The van der Waals surface area contributed by atoms with Crippen LogP contribution in [0.4, 0.5) is 5.69 Å². The number of ether oxygens (including phenoxy) is 3. The second-order valence-electron chi connectivity index (χ2n) is 7.02. The molecule has 0 saturated carbocycles. The number of halogens is 1. The van der Waals surface area contributed by atoms with Gasteiger partial charge in [-0.05, 0) is 65.7 Å². The van der Waals surface area contributed by atoms with E-state index in [2.05, 4.69) is 26.0 Å². The number of esters is 1. The van der Waals surface area contributed by atoms with Crippen LogP contribution in [0.15, 0.2) is 76.8 Å². The fourth-order valence-electron chi connectivity index (χ4n) is 2.96. The number of methoxy groups -OCH3 is 2. The Labute approximate surface area is 205 Å². The Balaban J connectivity index is 1.71. The summed E-state index contributed by atoms with van der Waals surface area (Å²) >= 11 is 3.40. The third-order valence-corrected chi connectivity index (χ3v) is 5.26. The van der Waals surface area contributed by atoms with E-state index in [1.807, 2.05) is 30.3 Å². The van der Waals surface area contributed by atoms with Crippen molar-refractivity contribution in [2.24, 2.45) is 0 Å². The predicted octanol–water partition coefficient (Wildman–Crippen LogP) is 5.37. The Morgan fingerprint density at radius 2 is 1.71 bits per heavy atom. The monoisotopic (exact) mass is 520 g/mol. The molecule has 0 fully saturated rings. The van der Waals surface area contributed by atoms with Gasteiger partial charge in [-0.15, -0.1) is 0 Å². The Kier molecular flexibility index (Phi) is 8.43. The van der Waals surface area contributed by atoms with Crippen LogP contribution in [0, 0.1) is 11.3 Å². The number of benzene rings is 3. The van der Waals surface area contributed by atoms with Crippen LogP contribution in [0.25, 0.3) is 6.08 Å². The van der Waals surface area contributed by atoms with Crippen LogP contribution in [0.2, 0.25) is 0 Å². The molecule has 0 heterocycles. The Bertz CT molecular complexity index is 1250. The quantitative estimate of drug-likeness (QED) is 0.243. The normalized spacial score (nSPS) is 10.7. The van der Waals surface area contributed by atoms with Gasteiger partial charge in [-0.1, -0.05) is 34.1 Å². The van der Waals surface area contributed by atoms with E-state index >= 15 is 0 Å². The summed E-state index contributed by atoms with van der Waals surface area (Å²) < 4.78 is 16.9. The molecule has 0 bridgehead atoms. The molecule has 34 heavy (non-hydrogen) atoms. The van der Waals surface area contributed by atoms with Crippen molar-refractivity contribution < 1.29 is 23.8 Å². The number of nitrogens with one attached hydrogen (secondary N) is 1. The lowest BCUT2D eigenvalue weighted by molar-refractivity contribution is -0.112. The van der Waals surface area contributed by atoms with Crippen molar-refractivity contribution in [3.8, 4) is 17.6 Å². The maximum Gasteiger partial charge on any atom is 0.337 e. The van der Waals surface area contributed by atoms with Gasteiger partial charge in [-0.3, -0.25) is 4.79 Å². The van der Waals surface area contributed by atoms with Gasteiger partial charge in [0.15, 0.2) is 11.5 Å². The predicted molar refractivity (Wildman–Crippen MR) is 131 cm³/mol. The van der Waals surface area contributed by atoms with Crippen molar-refractivity contribution in [3.05, 3.63) is 93.5 Å². The van der Waals surface area contributed by atoms with E-state index in [-0.39, 0.29) is 5.57 Å². The minimum absolute atomic E-state index is 0.0948. The number of anilines is 1. The summed E-state index contributed by atoms with van der Waals surface area (Å²) in [5, 5.41) is 12.1. The molecule has 0 spiro atoms. The van der Waals surface area contributed by atoms with E-state index in [1.165, 1.54) is 32.4 Å². The van der Waals surface area contributed by atoms with Crippen molar-refractivity contribution >= 4 is 39.6 Å². The van der Waals surface area contributed by atoms with E-state index in [1.54, 1.807) is 30.3 Å². The van der Waals surface area contributed by atoms with E-state index in [4.69, 9.17) is 9.47 Å². The van der Waals surface area contributed by atoms with Gasteiger partial charge in [0.1, 0.15) is 18.2 Å². The molecular formula is C26H21BrN2O5. The maximum atomic E-state index is 12.6. The molecule has 8 heteroatoms. The molecule has 3 aromatic rings. The highest BCUT2D eigenvalue weighted by atomic mass is 79.9. The molecule has 3 rings (SSSR count). The van der Waals surface area contributed by atoms with Crippen molar-refractivity contribution in [1.29, 1.82) is 5.26 Å². The fourth-order valence-corrected chi connectivity index (χ4v) is 3.22. The van der Waals surface area contributed by atoms with E-state index in [9.17, 15) is 14.9 Å². The number of hydrogen-bond acceptors (Lipinski definition) is 6. The molecule has 0 saturated heterocycles. The van der Waals surface area contributed by atoms with Crippen LogP contribution >= 0.6 is 15.9 Å². The third kappa shape index (κ3) is 6.47. The molecule has 7 nitrogen and oxygen atoms in total. The van der Waals surface area contributed by atoms with E-state index in [0.717, 1.165) is 10.0 Å². The van der Waals surface area contributed by atoms with E-state index in [0.29, 0.717) is 34.9 Å². The van der Waals surface area contributed by atoms with Crippen molar-refractivity contribution in [1.82, 2.24) is 0 Å². The van der Waals surface area contributed by atoms with Crippen LogP contribution in [0.5, 0.6) is 11.5 Å². The molecule has 172 valence electrons. The van der Waals surface area contributed by atoms with Crippen LogP contribution < -0.4 is 14.8 Å². The van der Waals surface area contributed by atoms with Gasteiger partial charge < -0.3 is 19.5 Å². The molecule has 0 aliphatic rings. The molecule has 3 aromatic carbocycles. The van der Waals surface area contributed by atoms with Gasteiger partial charge in [0.05, 0.1) is 19.8 Å². The third-order valence-electron chi connectivity index (χ3n) is 4.74. The van der Waals surface area contributed by atoms with Crippen LogP contribution in [-0.4, -0.2) is 26.1 Å². The summed E-state index contributed by atoms with van der Waals surface area (Å²) in [6.45, 7) is 0.361. The summed E-state index contributed by atoms with van der Waals surface area (Å²) in [4.78, 5) is 24.1. The Hall–Kier alpha value is -4.09. The van der Waals surface area contributed by atoms with Gasteiger partial charge in [0.2, 0.25) is 0 Å². The van der Waals surface area contributed by atoms with Crippen LogP contribution in [0.1, 0.15) is 21.5 Å². The molecule has 0 atom stereocenters. The lowest BCUT2D eigenvalue weighted by Gasteiger charge is -2.12. The van der Waals surface area contributed by atoms with Crippen molar-refractivity contribution in [3.63, 3.8) is 0 Å². The number of amides is 1. The molecule has 1 amide bonds. The smallest absolute Gasteiger partial charge is 0.337 e. The Morgan fingerprint density at radius 3 is 2.32 bits per heavy atom. The first-order valence-corrected chi connectivity index (χ1v) is 10.9. The standard InChI is InChI=1S/C26H21BrN2O5/c1-32-24-14-18(5-12-23(24)34-16-17-3-8-21(27)9-4-17)13-20(15-28)25(30)29-22-10-6-19(7-11-22)26(31)33-2/h3-14H,16H2,1-2H3,(H,29,30)/b20-13+. The molecule has 0 unspecified atom stereocenters. The second kappa shape index (κ2) is 11.7. The minimum atomic E-state index is -0.581. The largest absolute Gasteiger partial charge is 0.493 e. The minimum Gasteiger partial charge on any atom is -0.493 e. The molecule has 0 aromatic heterocycles. The molecular weight excluding hydrogens is 500 g/mol. The number of carbonyl (C=O) groups excluding carboxylic acids is 2. The zero-order valence-electron chi connectivity index (χ0n) is 18.5. The average molecular weight is 521 g/mol. The first-order valence-electron chi connectivity index (χ1n) is 10.1. The molecule has 0 aliphatic heterocycles. The lowest BCUT2D eigenvalue weighted by Crippen LogP contribution is -2.13. The van der Waals surface area contributed by atoms with Crippen LogP contribution in [0.3, 0.4) is 0 Å². The van der Waals surface area contributed by atoms with Crippen LogP contribution in [-0.2, 0) is 16.1 Å². The van der Waals surface area contributed by atoms with Gasteiger partial charge >= 0.3 is 5.97 Å². The first kappa shape index (κ1) is 24.6. The van der Waals surface area contributed by atoms with E-state index < -0.39 is 11.9 Å². The van der Waals surface area contributed by atoms with Crippen molar-refractivity contribution in [2.75, 3.05) is 19.5 Å². The lowest BCUT2D eigenvalue weighted by atomic mass is 10.1. The number of nitrogens with zero attached hydrogens (tertiary/aromatic N) is 1. The molecule has 0 aliphatic carbocycles. The number of nitriles is 1. The maximum absolute atomic E-state index is 12.6. The van der Waals surface area contributed by atoms with Gasteiger partial charge in [0.25, 0.3) is 5.91 Å². The first-order chi connectivity index (χ1) is 16.4. The van der Waals surface area contributed by atoms with Crippen molar-refractivity contribution in [2.45, 2.75) is 6.61 Å². The highest BCUT2D eigenvalue weighted by molar-refractivity contribution is 9.10. The fraction of sp³-hybridized carbons (Fsp3) is 0.115. The number of carbonyl (C=O) groups is 2. The summed E-state index contributed by atoms with van der Waals surface area (Å²) in [5.74, 6) is -0.0465.